The molecular weight excluding hydrogens is 324 g/mol. The number of ketones is 1. The van der Waals surface area contributed by atoms with Crippen LogP contribution in [0, 0.1) is 5.41 Å². The van der Waals surface area contributed by atoms with Crippen molar-refractivity contribution in [1.29, 1.82) is 0 Å². The predicted octanol–water partition coefficient (Wildman–Crippen LogP) is 4.82. The van der Waals surface area contributed by atoms with Crippen molar-refractivity contribution in [2.24, 2.45) is 5.41 Å². The smallest absolute Gasteiger partial charge is 0.172 e. The number of H-pyrrole nitrogens is 1. The van der Waals surface area contributed by atoms with E-state index < -0.39 is 0 Å². The highest BCUT2D eigenvalue weighted by molar-refractivity contribution is 6.08. The lowest BCUT2D eigenvalue weighted by atomic mass is 9.71. The highest BCUT2D eigenvalue weighted by Crippen LogP contribution is 2.39. The monoisotopic (exact) mass is 348 g/mol. The van der Waals surface area contributed by atoms with Crippen LogP contribution >= 0.6 is 0 Å². The molecule has 3 aromatic rings. The van der Waals surface area contributed by atoms with Crippen molar-refractivity contribution >= 4 is 22.6 Å². The fraction of sp³-hybridized carbons (Fsp3) is 0.381. The maximum atomic E-state index is 13.2. The van der Waals surface area contributed by atoms with Crippen molar-refractivity contribution in [3.05, 3.63) is 42.2 Å². The average Bonchev–Trinajstić information content (AvgIpc) is 3.11. The third-order valence-corrected chi connectivity index (χ3v) is 5.60. The molecule has 5 nitrogen and oxygen atoms in total. The van der Waals surface area contributed by atoms with E-state index >= 15 is 0 Å². The number of carbonyl (C=O) groups is 1. The first-order valence-electron chi connectivity index (χ1n) is 9.28. The topological polar surface area (TPSA) is 70.7 Å². The van der Waals surface area contributed by atoms with Gasteiger partial charge in [-0.3, -0.25) is 4.79 Å². The molecule has 0 spiro atoms. The van der Waals surface area contributed by atoms with Crippen molar-refractivity contribution in [1.82, 2.24) is 15.0 Å². The number of nitrogens with one attached hydrogen (secondary N) is 2. The van der Waals surface area contributed by atoms with Crippen molar-refractivity contribution in [2.75, 3.05) is 12.4 Å². The van der Waals surface area contributed by atoms with Crippen LogP contribution < -0.4 is 5.32 Å². The van der Waals surface area contributed by atoms with Gasteiger partial charge in [-0.1, -0.05) is 38.3 Å². The Morgan fingerprint density at radius 3 is 2.58 bits per heavy atom. The van der Waals surface area contributed by atoms with E-state index in [9.17, 15) is 4.79 Å². The largest absolute Gasteiger partial charge is 0.388 e. The molecule has 1 fully saturated rings. The highest BCUT2D eigenvalue weighted by atomic mass is 16.1. The summed E-state index contributed by atoms with van der Waals surface area (Å²) in [5.41, 5.74) is 4.56. The number of fused-ring (bicyclic) bond motifs is 1. The fourth-order valence-corrected chi connectivity index (χ4v) is 3.90. The molecule has 2 heterocycles. The molecule has 2 N–H and O–H groups in total. The van der Waals surface area contributed by atoms with Crippen LogP contribution in [-0.2, 0) is 0 Å². The molecule has 0 aliphatic heterocycles. The number of benzene rings is 1. The van der Waals surface area contributed by atoms with Crippen LogP contribution in [0.3, 0.4) is 0 Å². The SMILES string of the molecule is CNc1ccc(-c2cnc3[nH]cc(C(=O)C4(C)CCCCC4)c3n2)cc1. The molecule has 26 heavy (non-hydrogen) atoms. The molecule has 1 saturated carbocycles. The second kappa shape index (κ2) is 6.56. The molecule has 0 unspecified atom stereocenters. The fourth-order valence-electron chi connectivity index (χ4n) is 3.90. The van der Waals surface area contributed by atoms with Crippen molar-refractivity contribution in [3.63, 3.8) is 0 Å². The number of carbonyl (C=O) groups excluding carboxylic acids is 1. The third-order valence-electron chi connectivity index (χ3n) is 5.60. The molecule has 0 radical (unpaired) electrons. The Balaban J connectivity index is 1.73. The minimum atomic E-state index is -0.278. The molecule has 134 valence electrons. The first-order valence-corrected chi connectivity index (χ1v) is 9.28. The molecule has 0 saturated heterocycles. The Bertz CT molecular complexity index is 936. The highest BCUT2D eigenvalue weighted by Gasteiger charge is 2.36. The van der Waals surface area contributed by atoms with Gasteiger partial charge in [-0.2, -0.15) is 0 Å². The number of hydrogen-bond acceptors (Lipinski definition) is 4. The summed E-state index contributed by atoms with van der Waals surface area (Å²) in [6.07, 6.45) is 8.92. The van der Waals surface area contributed by atoms with E-state index in [4.69, 9.17) is 4.98 Å². The molecule has 1 aromatic carbocycles. The number of rotatable bonds is 4. The summed E-state index contributed by atoms with van der Waals surface area (Å²) in [7, 11) is 1.89. The van der Waals surface area contributed by atoms with E-state index in [2.05, 4.69) is 22.2 Å². The van der Waals surface area contributed by atoms with E-state index in [0.717, 1.165) is 42.6 Å². The summed E-state index contributed by atoms with van der Waals surface area (Å²) in [5.74, 6) is 0.195. The average molecular weight is 348 g/mol. The lowest BCUT2D eigenvalue weighted by Gasteiger charge is -2.31. The second-order valence-corrected chi connectivity index (χ2v) is 7.43. The summed E-state index contributed by atoms with van der Waals surface area (Å²) >= 11 is 0. The van der Waals surface area contributed by atoms with Crippen LogP contribution in [0.5, 0.6) is 0 Å². The van der Waals surface area contributed by atoms with Gasteiger partial charge in [0.2, 0.25) is 0 Å². The molecular formula is C21H24N4O. The Hall–Kier alpha value is -2.69. The predicted molar refractivity (Wildman–Crippen MR) is 104 cm³/mol. The number of hydrogen-bond donors (Lipinski definition) is 2. The van der Waals surface area contributed by atoms with Crippen LogP contribution in [0.1, 0.15) is 49.4 Å². The number of Topliss-reactive ketones (excluding diaryl/α,β-unsaturated/α-hetero) is 1. The second-order valence-electron chi connectivity index (χ2n) is 7.43. The molecule has 2 aromatic heterocycles. The van der Waals surface area contributed by atoms with E-state index in [1.165, 1.54) is 6.42 Å². The Morgan fingerprint density at radius 1 is 1.15 bits per heavy atom. The van der Waals surface area contributed by atoms with E-state index in [1.807, 2.05) is 31.3 Å². The van der Waals surface area contributed by atoms with Gasteiger partial charge in [-0.05, 0) is 25.0 Å². The first kappa shape index (κ1) is 16.8. The van der Waals surface area contributed by atoms with Crippen LogP contribution in [0.2, 0.25) is 0 Å². The first-order chi connectivity index (χ1) is 12.6. The Kier molecular flexibility index (Phi) is 4.23. The lowest BCUT2D eigenvalue weighted by Crippen LogP contribution is -2.30. The van der Waals surface area contributed by atoms with Gasteiger partial charge in [-0.25, -0.2) is 9.97 Å². The van der Waals surface area contributed by atoms with Crippen molar-refractivity contribution in [2.45, 2.75) is 39.0 Å². The molecule has 1 aliphatic carbocycles. The minimum absolute atomic E-state index is 0.195. The van der Waals surface area contributed by atoms with Gasteiger partial charge in [0.15, 0.2) is 11.4 Å². The van der Waals surface area contributed by atoms with E-state index in [0.29, 0.717) is 16.7 Å². The van der Waals surface area contributed by atoms with E-state index in [1.54, 1.807) is 12.4 Å². The maximum Gasteiger partial charge on any atom is 0.172 e. The molecule has 1 aliphatic rings. The minimum Gasteiger partial charge on any atom is -0.388 e. The number of aromatic amines is 1. The van der Waals surface area contributed by atoms with Gasteiger partial charge in [0.05, 0.1) is 17.5 Å². The summed E-state index contributed by atoms with van der Waals surface area (Å²) in [6.45, 7) is 2.10. The molecule has 0 atom stereocenters. The quantitative estimate of drug-likeness (QED) is 0.663. The van der Waals surface area contributed by atoms with Crippen LogP contribution in [-0.4, -0.2) is 27.8 Å². The van der Waals surface area contributed by atoms with Crippen LogP contribution in [0.25, 0.3) is 22.4 Å². The standard InChI is InChI=1S/C21H24N4O/c1-21(10-4-3-5-11-21)19(26)16-12-23-20-18(16)25-17(13-24-20)14-6-8-15(22-2)9-7-14/h6-9,12-13,22H,3-5,10-11H2,1-2H3,(H,23,24). The summed E-state index contributed by atoms with van der Waals surface area (Å²) in [4.78, 5) is 25.6. The third kappa shape index (κ3) is 2.87. The summed E-state index contributed by atoms with van der Waals surface area (Å²) in [5, 5.41) is 3.11. The molecule has 0 bridgehead atoms. The van der Waals surface area contributed by atoms with Gasteiger partial charge in [-0.15, -0.1) is 0 Å². The Morgan fingerprint density at radius 2 is 1.88 bits per heavy atom. The van der Waals surface area contributed by atoms with Gasteiger partial charge >= 0.3 is 0 Å². The lowest BCUT2D eigenvalue weighted by molar-refractivity contribution is 0.0751. The number of nitrogens with zero attached hydrogens (tertiary/aromatic N) is 2. The maximum absolute atomic E-state index is 13.2. The zero-order valence-corrected chi connectivity index (χ0v) is 15.3. The zero-order valence-electron chi connectivity index (χ0n) is 15.3. The van der Waals surface area contributed by atoms with Gasteiger partial charge in [0.1, 0.15) is 5.52 Å². The Labute approximate surface area is 153 Å². The van der Waals surface area contributed by atoms with E-state index in [-0.39, 0.29) is 11.2 Å². The van der Waals surface area contributed by atoms with Crippen LogP contribution in [0.15, 0.2) is 36.7 Å². The zero-order chi connectivity index (χ0) is 18.1. The molecule has 0 amide bonds. The van der Waals surface area contributed by atoms with Crippen LogP contribution in [0.4, 0.5) is 5.69 Å². The van der Waals surface area contributed by atoms with Crippen molar-refractivity contribution in [3.8, 4) is 11.3 Å². The van der Waals surface area contributed by atoms with Gasteiger partial charge in [0, 0.05) is 29.9 Å². The molecule has 4 rings (SSSR count). The normalized spacial score (nSPS) is 16.5. The number of anilines is 1. The van der Waals surface area contributed by atoms with Gasteiger partial charge < -0.3 is 10.3 Å². The molecule has 5 heteroatoms. The number of aromatic nitrogens is 3. The van der Waals surface area contributed by atoms with Crippen molar-refractivity contribution < 1.29 is 4.79 Å². The summed E-state index contributed by atoms with van der Waals surface area (Å²) < 4.78 is 0. The summed E-state index contributed by atoms with van der Waals surface area (Å²) in [6, 6.07) is 8.04. The van der Waals surface area contributed by atoms with Gasteiger partial charge in [0.25, 0.3) is 0 Å².